The van der Waals surface area contributed by atoms with Gasteiger partial charge in [-0.15, -0.1) is 0 Å². The third-order valence-corrected chi connectivity index (χ3v) is 3.55. The molecule has 0 aliphatic carbocycles. The van der Waals surface area contributed by atoms with Crippen molar-refractivity contribution in [2.24, 2.45) is 0 Å². The average Bonchev–Trinajstić information content (AvgIpc) is 2.49. The van der Waals surface area contributed by atoms with Gasteiger partial charge in [0.2, 0.25) is 11.8 Å². The smallest absolute Gasteiger partial charge is 0.308 e. The minimum absolute atomic E-state index is 0.0426. The molecule has 1 aliphatic rings. The monoisotopic (exact) mass is 328 g/mol. The van der Waals surface area contributed by atoms with E-state index in [0.717, 1.165) is 12.8 Å². The summed E-state index contributed by atoms with van der Waals surface area (Å²) in [6.07, 6.45) is 1.61. The zero-order valence-corrected chi connectivity index (χ0v) is 13.4. The van der Waals surface area contributed by atoms with Gasteiger partial charge < -0.3 is 20.1 Å². The summed E-state index contributed by atoms with van der Waals surface area (Å²) in [6.45, 7) is 2.91. The van der Waals surface area contributed by atoms with E-state index in [9.17, 15) is 19.2 Å². The Labute approximate surface area is 135 Å². The molecule has 2 N–H and O–H groups in total. The van der Waals surface area contributed by atoms with E-state index >= 15 is 0 Å². The second-order valence-corrected chi connectivity index (χ2v) is 5.42. The first-order chi connectivity index (χ1) is 11.0. The molecular weight excluding hydrogens is 304 g/mol. The standard InChI is InChI=1S/C15H24N2O6/c1-2-3-9-23-14(21)10-11-15(22)16-7-8-17(11)12(18)5-4-6-13(19)20/h11H,2-10H2,1H3,(H,16,22)(H,19,20)/t11-/m1/s1. The van der Waals surface area contributed by atoms with E-state index in [2.05, 4.69) is 5.32 Å². The van der Waals surface area contributed by atoms with Crippen LogP contribution in [0.15, 0.2) is 0 Å². The highest BCUT2D eigenvalue weighted by molar-refractivity contribution is 5.92. The second-order valence-electron chi connectivity index (χ2n) is 5.42. The number of carboxylic acids is 1. The predicted octanol–water partition coefficient (Wildman–Crippen LogP) is 0.302. The molecule has 0 aromatic carbocycles. The van der Waals surface area contributed by atoms with Gasteiger partial charge in [0.15, 0.2) is 0 Å². The Hall–Kier alpha value is -2.12. The van der Waals surface area contributed by atoms with E-state index in [1.165, 1.54) is 4.90 Å². The average molecular weight is 328 g/mol. The Balaban J connectivity index is 2.56. The number of amides is 2. The van der Waals surface area contributed by atoms with Crippen molar-refractivity contribution in [3.05, 3.63) is 0 Å². The Bertz CT molecular complexity index is 451. The molecule has 0 saturated carbocycles. The Morgan fingerprint density at radius 2 is 2.04 bits per heavy atom. The number of piperazine rings is 1. The number of rotatable bonds is 9. The van der Waals surface area contributed by atoms with Gasteiger partial charge in [-0.25, -0.2) is 0 Å². The number of carbonyl (C=O) groups excluding carboxylic acids is 3. The number of aliphatic carboxylic acids is 1. The molecule has 1 fully saturated rings. The van der Waals surface area contributed by atoms with E-state index < -0.39 is 18.0 Å². The van der Waals surface area contributed by atoms with Crippen molar-refractivity contribution < 1.29 is 29.0 Å². The molecular formula is C15H24N2O6. The molecule has 8 heteroatoms. The van der Waals surface area contributed by atoms with Crippen molar-refractivity contribution >= 4 is 23.8 Å². The number of carboxylic acid groups (broad SMARTS) is 1. The van der Waals surface area contributed by atoms with E-state index in [0.29, 0.717) is 19.7 Å². The molecule has 2 amide bonds. The fraction of sp³-hybridized carbons (Fsp3) is 0.733. The maximum atomic E-state index is 12.2. The third kappa shape index (κ3) is 6.66. The second kappa shape index (κ2) is 9.81. The molecule has 0 bridgehead atoms. The fourth-order valence-corrected chi connectivity index (χ4v) is 2.30. The first-order valence-corrected chi connectivity index (χ1v) is 7.90. The zero-order chi connectivity index (χ0) is 17.2. The highest BCUT2D eigenvalue weighted by atomic mass is 16.5. The van der Waals surface area contributed by atoms with Gasteiger partial charge in [0, 0.05) is 25.9 Å². The lowest BCUT2D eigenvalue weighted by molar-refractivity contribution is -0.152. The van der Waals surface area contributed by atoms with Crippen molar-refractivity contribution in [1.82, 2.24) is 10.2 Å². The summed E-state index contributed by atoms with van der Waals surface area (Å²) in [4.78, 5) is 47.8. The normalized spacial score (nSPS) is 17.5. The molecule has 0 spiro atoms. The minimum Gasteiger partial charge on any atom is -0.481 e. The molecule has 23 heavy (non-hydrogen) atoms. The maximum absolute atomic E-state index is 12.2. The van der Waals surface area contributed by atoms with Crippen molar-refractivity contribution in [2.75, 3.05) is 19.7 Å². The number of ether oxygens (including phenoxy) is 1. The Morgan fingerprint density at radius 1 is 1.30 bits per heavy atom. The summed E-state index contributed by atoms with van der Waals surface area (Å²) in [5, 5.41) is 11.2. The van der Waals surface area contributed by atoms with Gasteiger partial charge in [-0.05, 0) is 12.8 Å². The number of esters is 1. The van der Waals surface area contributed by atoms with Gasteiger partial charge in [-0.2, -0.15) is 0 Å². The quantitative estimate of drug-likeness (QED) is 0.465. The van der Waals surface area contributed by atoms with Crippen LogP contribution in [0.5, 0.6) is 0 Å². The first-order valence-electron chi connectivity index (χ1n) is 7.90. The highest BCUT2D eigenvalue weighted by Crippen LogP contribution is 2.13. The molecule has 0 aromatic rings. The van der Waals surface area contributed by atoms with E-state index in [4.69, 9.17) is 9.84 Å². The van der Waals surface area contributed by atoms with Crippen molar-refractivity contribution in [3.8, 4) is 0 Å². The minimum atomic E-state index is -0.967. The Morgan fingerprint density at radius 3 is 2.70 bits per heavy atom. The molecule has 1 saturated heterocycles. The fourth-order valence-electron chi connectivity index (χ4n) is 2.30. The van der Waals surface area contributed by atoms with Gasteiger partial charge in [-0.3, -0.25) is 19.2 Å². The van der Waals surface area contributed by atoms with E-state index in [-0.39, 0.29) is 37.5 Å². The molecule has 0 radical (unpaired) electrons. The molecule has 0 aromatic heterocycles. The summed E-state index contributed by atoms with van der Waals surface area (Å²) in [5.41, 5.74) is 0. The van der Waals surface area contributed by atoms with Gasteiger partial charge in [-0.1, -0.05) is 13.3 Å². The number of hydrogen-bond donors (Lipinski definition) is 2. The van der Waals surface area contributed by atoms with Crippen LogP contribution < -0.4 is 5.32 Å². The SMILES string of the molecule is CCCCOC(=O)C[C@@H]1C(=O)NCCN1C(=O)CCCC(=O)O. The lowest BCUT2D eigenvalue weighted by Gasteiger charge is -2.34. The van der Waals surface area contributed by atoms with Crippen LogP contribution >= 0.6 is 0 Å². The number of carbonyl (C=O) groups is 4. The molecule has 130 valence electrons. The topological polar surface area (TPSA) is 113 Å². The first kappa shape index (κ1) is 18.9. The number of hydrogen-bond acceptors (Lipinski definition) is 5. The van der Waals surface area contributed by atoms with E-state index in [1.54, 1.807) is 0 Å². The zero-order valence-electron chi connectivity index (χ0n) is 13.4. The van der Waals surface area contributed by atoms with Crippen LogP contribution in [0.1, 0.15) is 45.4 Å². The predicted molar refractivity (Wildman–Crippen MR) is 80.5 cm³/mol. The summed E-state index contributed by atoms with van der Waals surface area (Å²) >= 11 is 0. The lowest BCUT2D eigenvalue weighted by Crippen LogP contribution is -2.57. The summed E-state index contributed by atoms with van der Waals surface area (Å²) < 4.78 is 5.04. The molecule has 1 atom stereocenters. The summed E-state index contributed by atoms with van der Waals surface area (Å²) in [7, 11) is 0. The third-order valence-electron chi connectivity index (χ3n) is 3.55. The van der Waals surface area contributed by atoms with Crippen LogP contribution in [0, 0.1) is 0 Å². The molecule has 0 unspecified atom stereocenters. The van der Waals surface area contributed by atoms with Gasteiger partial charge in [0.05, 0.1) is 13.0 Å². The number of nitrogens with one attached hydrogen (secondary N) is 1. The molecule has 1 aliphatic heterocycles. The number of nitrogens with zero attached hydrogens (tertiary/aromatic N) is 1. The van der Waals surface area contributed by atoms with Crippen LogP contribution in [-0.4, -0.2) is 59.5 Å². The van der Waals surface area contributed by atoms with Crippen LogP contribution in [0.3, 0.4) is 0 Å². The molecule has 8 nitrogen and oxygen atoms in total. The summed E-state index contributed by atoms with van der Waals surface area (Å²) in [5.74, 6) is -2.17. The van der Waals surface area contributed by atoms with Crippen molar-refractivity contribution in [2.45, 2.75) is 51.5 Å². The van der Waals surface area contributed by atoms with Crippen LogP contribution in [0.2, 0.25) is 0 Å². The van der Waals surface area contributed by atoms with Crippen LogP contribution in [-0.2, 0) is 23.9 Å². The van der Waals surface area contributed by atoms with Crippen molar-refractivity contribution in [1.29, 1.82) is 0 Å². The van der Waals surface area contributed by atoms with Crippen molar-refractivity contribution in [3.63, 3.8) is 0 Å². The van der Waals surface area contributed by atoms with Gasteiger partial charge >= 0.3 is 11.9 Å². The Kier molecular flexibility index (Phi) is 8.07. The molecule has 1 rings (SSSR count). The molecule has 1 heterocycles. The largest absolute Gasteiger partial charge is 0.481 e. The van der Waals surface area contributed by atoms with Gasteiger partial charge in [0.25, 0.3) is 0 Å². The summed E-state index contributed by atoms with van der Waals surface area (Å²) in [6, 6.07) is -0.879. The number of unbranched alkanes of at least 4 members (excludes halogenated alkanes) is 1. The van der Waals surface area contributed by atoms with Crippen LogP contribution in [0.25, 0.3) is 0 Å². The maximum Gasteiger partial charge on any atom is 0.308 e. The van der Waals surface area contributed by atoms with Crippen LogP contribution in [0.4, 0.5) is 0 Å². The lowest BCUT2D eigenvalue weighted by atomic mass is 10.1. The van der Waals surface area contributed by atoms with E-state index in [1.807, 2.05) is 6.92 Å². The highest BCUT2D eigenvalue weighted by Gasteiger charge is 2.34. The van der Waals surface area contributed by atoms with Gasteiger partial charge in [0.1, 0.15) is 6.04 Å².